The molecular weight excluding hydrogens is 320 g/mol. The fourth-order valence-corrected chi connectivity index (χ4v) is 3.71. The van der Waals surface area contributed by atoms with Gasteiger partial charge >= 0.3 is 0 Å². The molecule has 0 radical (unpaired) electrons. The zero-order chi connectivity index (χ0) is 16.9. The van der Waals surface area contributed by atoms with Crippen molar-refractivity contribution in [3.05, 3.63) is 24.3 Å². The Labute approximate surface area is 136 Å². The average Bonchev–Trinajstić information content (AvgIpc) is 3.01. The van der Waals surface area contributed by atoms with Gasteiger partial charge in [0.2, 0.25) is 15.9 Å². The van der Waals surface area contributed by atoms with Crippen LogP contribution >= 0.6 is 0 Å². The van der Waals surface area contributed by atoms with Crippen molar-refractivity contribution in [2.45, 2.75) is 18.9 Å². The van der Waals surface area contributed by atoms with Gasteiger partial charge in [-0.3, -0.25) is 4.79 Å². The molecule has 1 atom stereocenters. The van der Waals surface area contributed by atoms with Crippen LogP contribution in [0.2, 0.25) is 0 Å². The van der Waals surface area contributed by atoms with E-state index >= 15 is 0 Å². The fraction of sp³-hybridized carbons (Fsp3) is 0.533. The van der Waals surface area contributed by atoms with Gasteiger partial charge in [0.15, 0.2) is 11.5 Å². The van der Waals surface area contributed by atoms with Gasteiger partial charge in [0.1, 0.15) is 12.6 Å². The molecule has 1 saturated heterocycles. The number of hydrogen-bond donors (Lipinski definition) is 1. The predicted molar refractivity (Wildman–Crippen MR) is 86.1 cm³/mol. The predicted octanol–water partition coefficient (Wildman–Crippen LogP) is 0.614. The summed E-state index contributed by atoms with van der Waals surface area (Å²) in [5.74, 6) is 0.942. The SMILES string of the molecule is COc1ccccc1OCCNC(=O)C1CCCN1S(C)(=O)=O. The Hall–Kier alpha value is -1.80. The summed E-state index contributed by atoms with van der Waals surface area (Å²) in [6.45, 7) is 0.970. The van der Waals surface area contributed by atoms with Gasteiger partial charge in [-0.15, -0.1) is 0 Å². The number of nitrogens with zero attached hydrogens (tertiary/aromatic N) is 1. The van der Waals surface area contributed by atoms with E-state index < -0.39 is 16.1 Å². The minimum atomic E-state index is -3.35. The Balaban J connectivity index is 1.81. The molecule has 8 heteroatoms. The first-order chi connectivity index (χ1) is 10.9. The largest absolute Gasteiger partial charge is 0.493 e. The number of carbonyl (C=O) groups is 1. The van der Waals surface area contributed by atoms with Crippen molar-refractivity contribution in [3.63, 3.8) is 0 Å². The first-order valence-corrected chi connectivity index (χ1v) is 9.28. The highest BCUT2D eigenvalue weighted by molar-refractivity contribution is 7.88. The number of sulfonamides is 1. The highest BCUT2D eigenvalue weighted by atomic mass is 32.2. The van der Waals surface area contributed by atoms with Gasteiger partial charge in [0, 0.05) is 6.54 Å². The van der Waals surface area contributed by atoms with E-state index in [0.29, 0.717) is 37.4 Å². The number of hydrogen-bond acceptors (Lipinski definition) is 5. The smallest absolute Gasteiger partial charge is 0.238 e. The van der Waals surface area contributed by atoms with E-state index in [1.807, 2.05) is 12.1 Å². The van der Waals surface area contributed by atoms with Gasteiger partial charge < -0.3 is 14.8 Å². The van der Waals surface area contributed by atoms with Crippen molar-refractivity contribution in [3.8, 4) is 11.5 Å². The van der Waals surface area contributed by atoms with Crippen molar-refractivity contribution in [2.75, 3.05) is 33.1 Å². The van der Waals surface area contributed by atoms with Crippen molar-refractivity contribution >= 4 is 15.9 Å². The molecule has 23 heavy (non-hydrogen) atoms. The molecule has 1 aliphatic heterocycles. The van der Waals surface area contributed by atoms with Crippen LogP contribution in [0.15, 0.2) is 24.3 Å². The molecule has 1 aromatic rings. The minimum Gasteiger partial charge on any atom is -0.493 e. The molecule has 7 nitrogen and oxygen atoms in total. The van der Waals surface area contributed by atoms with Gasteiger partial charge in [-0.05, 0) is 25.0 Å². The second-order valence-corrected chi connectivity index (χ2v) is 7.26. The summed E-state index contributed by atoms with van der Waals surface area (Å²) in [6.07, 6.45) is 2.37. The van der Waals surface area contributed by atoms with E-state index in [2.05, 4.69) is 5.32 Å². The van der Waals surface area contributed by atoms with E-state index in [4.69, 9.17) is 9.47 Å². The Bertz CT molecular complexity index is 647. The quantitative estimate of drug-likeness (QED) is 0.734. The maximum Gasteiger partial charge on any atom is 0.238 e. The summed E-state index contributed by atoms with van der Waals surface area (Å²) in [5.41, 5.74) is 0. The average molecular weight is 342 g/mol. The molecule has 1 amide bonds. The Morgan fingerprint density at radius 2 is 2.04 bits per heavy atom. The standard InChI is InChI=1S/C15H22N2O5S/c1-21-13-7-3-4-8-14(13)22-11-9-16-15(18)12-6-5-10-17(12)23(2,19)20/h3-4,7-8,12H,5-6,9-11H2,1-2H3,(H,16,18). The maximum atomic E-state index is 12.1. The van der Waals surface area contributed by atoms with Crippen LogP contribution in [-0.2, 0) is 14.8 Å². The summed E-state index contributed by atoms with van der Waals surface area (Å²) in [6, 6.07) is 6.63. The van der Waals surface area contributed by atoms with Crippen LogP contribution in [0.5, 0.6) is 11.5 Å². The first-order valence-electron chi connectivity index (χ1n) is 7.44. The molecule has 128 valence electrons. The van der Waals surface area contributed by atoms with Crippen LogP contribution in [-0.4, -0.2) is 57.7 Å². The molecule has 1 N–H and O–H groups in total. The molecular formula is C15H22N2O5S. The molecule has 0 aliphatic carbocycles. The van der Waals surface area contributed by atoms with Crippen LogP contribution in [0.1, 0.15) is 12.8 Å². The van der Waals surface area contributed by atoms with E-state index in [9.17, 15) is 13.2 Å². The molecule has 0 saturated carbocycles. The van der Waals surface area contributed by atoms with Crippen LogP contribution in [0.3, 0.4) is 0 Å². The van der Waals surface area contributed by atoms with E-state index in [1.165, 1.54) is 4.31 Å². The van der Waals surface area contributed by atoms with Crippen molar-refractivity contribution in [1.29, 1.82) is 0 Å². The topological polar surface area (TPSA) is 84.9 Å². The van der Waals surface area contributed by atoms with Crippen molar-refractivity contribution < 1.29 is 22.7 Å². The molecule has 1 unspecified atom stereocenters. The second-order valence-electron chi connectivity index (χ2n) is 5.32. The molecule has 1 aromatic carbocycles. The third kappa shape index (κ3) is 4.59. The summed E-state index contributed by atoms with van der Waals surface area (Å²) >= 11 is 0. The highest BCUT2D eigenvalue weighted by Crippen LogP contribution is 2.25. The van der Waals surface area contributed by atoms with Crippen molar-refractivity contribution in [2.24, 2.45) is 0 Å². The zero-order valence-electron chi connectivity index (χ0n) is 13.3. The third-order valence-electron chi connectivity index (χ3n) is 3.66. The van der Waals surface area contributed by atoms with Crippen LogP contribution in [0, 0.1) is 0 Å². The number of nitrogens with one attached hydrogen (secondary N) is 1. The lowest BCUT2D eigenvalue weighted by atomic mass is 10.2. The molecule has 1 heterocycles. The van der Waals surface area contributed by atoms with E-state index in [-0.39, 0.29) is 12.5 Å². The molecule has 2 rings (SSSR count). The summed E-state index contributed by atoms with van der Waals surface area (Å²) in [5, 5.41) is 2.72. The highest BCUT2D eigenvalue weighted by Gasteiger charge is 2.36. The number of amides is 1. The number of para-hydroxylation sites is 2. The summed E-state index contributed by atoms with van der Waals surface area (Å²) < 4.78 is 35.3. The Kier molecular flexibility index (Phi) is 5.84. The number of methoxy groups -OCH3 is 1. The van der Waals surface area contributed by atoms with Gasteiger partial charge in [-0.2, -0.15) is 4.31 Å². The zero-order valence-corrected chi connectivity index (χ0v) is 14.1. The number of carbonyl (C=O) groups excluding carboxylic acids is 1. The third-order valence-corrected chi connectivity index (χ3v) is 4.95. The van der Waals surface area contributed by atoms with E-state index in [0.717, 1.165) is 6.26 Å². The number of benzene rings is 1. The van der Waals surface area contributed by atoms with Gasteiger partial charge in [0.05, 0.1) is 19.9 Å². The fourth-order valence-electron chi connectivity index (χ4n) is 2.59. The van der Waals surface area contributed by atoms with Crippen molar-refractivity contribution in [1.82, 2.24) is 9.62 Å². The first kappa shape index (κ1) is 17.6. The normalized spacial score (nSPS) is 18.6. The molecule has 1 fully saturated rings. The van der Waals surface area contributed by atoms with Gasteiger partial charge in [-0.1, -0.05) is 12.1 Å². The van der Waals surface area contributed by atoms with Crippen LogP contribution in [0.4, 0.5) is 0 Å². The Morgan fingerprint density at radius 3 is 2.70 bits per heavy atom. The minimum absolute atomic E-state index is 0.276. The molecule has 0 bridgehead atoms. The maximum absolute atomic E-state index is 12.1. The van der Waals surface area contributed by atoms with Crippen LogP contribution < -0.4 is 14.8 Å². The molecule has 1 aliphatic rings. The monoisotopic (exact) mass is 342 g/mol. The lowest BCUT2D eigenvalue weighted by Gasteiger charge is -2.21. The second kappa shape index (κ2) is 7.65. The number of rotatable bonds is 7. The summed E-state index contributed by atoms with van der Waals surface area (Å²) in [7, 11) is -1.80. The van der Waals surface area contributed by atoms with Gasteiger partial charge in [-0.25, -0.2) is 8.42 Å². The Morgan fingerprint density at radius 1 is 1.35 bits per heavy atom. The molecule has 0 aromatic heterocycles. The lowest BCUT2D eigenvalue weighted by Crippen LogP contribution is -2.46. The lowest BCUT2D eigenvalue weighted by molar-refractivity contribution is -0.124. The van der Waals surface area contributed by atoms with E-state index in [1.54, 1.807) is 19.2 Å². The van der Waals surface area contributed by atoms with Crippen LogP contribution in [0.25, 0.3) is 0 Å². The van der Waals surface area contributed by atoms with Gasteiger partial charge in [0.25, 0.3) is 0 Å². The number of ether oxygens (including phenoxy) is 2. The molecule has 0 spiro atoms. The summed E-state index contributed by atoms with van der Waals surface area (Å²) in [4.78, 5) is 12.1.